The first kappa shape index (κ1) is 23.0. The van der Waals surface area contributed by atoms with Gasteiger partial charge >= 0.3 is 0 Å². The highest BCUT2D eigenvalue weighted by atomic mass is 16.5. The molecule has 0 radical (unpaired) electrons. The highest BCUT2D eigenvalue weighted by molar-refractivity contribution is 5.92. The molecule has 3 aromatic rings. The molecule has 0 bridgehead atoms. The Balaban J connectivity index is 1.30. The Labute approximate surface area is 199 Å². The van der Waals surface area contributed by atoms with Gasteiger partial charge in [-0.15, -0.1) is 10.2 Å². The number of hydrogen-bond donors (Lipinski definition) is 1. The molecule has 1 fully saturated rings. The maximum absolute atomic E-state index is 12.7. The highest BCUT2D eigenvalue weighted by Gasteiger charge is 2.21. The van der Waals surface area contributed by atoms with Crippen molar-refractivity contribution in [1.82, 2.24) is 20.1 Å². The first-order valence-electron chi connectivity index (χ1n) is 11.0. The second kappa shape index (κ2) is 10.7. The Morgan fingerprint density at radius 3 is 2.41 bits per heavy atom. The molecule has 9 heteroatoms. The molecule has 2 aromatic heterocycles. The summed E-state index contributed by atoms with van der Waals surface area (Å²) in [5.41, 5.74) is 1.99. The largest absolute Gasteiger partial charge is 0.493 e. The van der Waals surface area contributed by atoms with Crippen molar-refractivity contribution < 1.29 is 14.3 Å². The fraction of sp³-hybridized carbons (Fsp3) is 0.280. The van der Waals surface area contributed by atoms with Crippen LogP contribution in [0.3, 0.4) is 0 Å². The van der Waals surface area contributed by atoms with Crippen LogP contribution in [0.25, 0.3) is 6.08 Å². The van der Waals surface area contributed by atoms with Gasteiger partial charge in [-0.3, -0.25) is 4.79 Å². The van der Waals surface area contributed by atoms with E-state index in [1.165, 1.54) is 0 Å². The summed E-state index contributed by atoms with van der Waals surface area (Å²) in [6, 6.07) is 13.3. The topological polar surface area (TPSA) is 92.7 Å². The number of ether oxygens (including phenoxy) is 2. The Hall–Kier alpha value is -4.14. The van der Waals surface area contributed by atoms with E-state index in [0.29, 0.717) is 43.5 Å². The molecule has 4 rings (SSSR count). The summed E-state index contributed by atoms with van der Waals surface area (Å²) in [4.78, 5) is 20.9. The first-order valence-corrected chi connectivity index (χ1v) is 11.0. The van der Waals surface area contributed by atoms with Crippen LogP contribution in [0.4, 0.5) is 17.5 Å². The molecule has 1 N–H and O–H groups in total. The molecule has 3 heterocycles. The number of nitrogens with zero attached hydrogens (tertiary/aromatic N) is 5. The van der Waals surface area contributed by atoms with E-state index >= 15 is 0 Å². The van der Waals surface area contributed by atoms with Crippen molar-refractivity contribution in [1.29, 1.82) is 0 Å². The molecule has 0 atom stereocenters. The number of carbonyl (C=O) groups is 1. The Morgan fingerprint density at radius 2 is 1.74 bits per heavy atom. The third-order valence-electron chi connectivity index (χ3n) is 5.56. The highest BCUT2D eigenvalue weighted by Crippen LogP contribution is 2.28. The fourth-order valence-electron chi connectivity index (χ4n) is 3.68. The lowest BCUT2D eigenvalue weighted by Crippen LogP contribution is -2.48. The number of amides is 1. The van der Waals surface area contributed by atoms with Gasteiger partial charge in [0.1, 0.15) is 5.82 Å². The van der Waals surface area contributed by atoms with Crippen LogP contribution in [-0.2, 0) is 4.79 Å². The van der Waals surface area contributed by atoms with Crippen LogP contribution in [0.5, 0.6) is 11.5 Å². The third-order valence-corrected chi connectivity index (χ3v) is 5.56. The quantitative estimate of drug-likeness (QED) is 0.537. The predicted octanol–water partition coefficient (Wildman–Crippen LogP) is 3.30. The number of hydrogen-bond acceptors (Lipinski definition) is 8. The van der Waals surface area contributed by atoms with Gasteiger partial charge < -0.3 is 24.6 Å². The fourth-order valence-corrected chi connectivity index (χ4v) is 3.68. The van der Waals surface area contributed by atoms with Crippen LogP contribution in [0.15, 0.2) is 54.7 Å². The SMILES string of the molecule is COc1ccc(/C=C/C(=O)N2CCN(c3ccc(Nc4cc(C)ccn4)nn3)CC2)cc1OC. The van der Waals surface area contributed by atoms with E-state index < -0.39 is 0 Å². The Kier molecular flexibility index (Phi) is 7.22. The smallest absolute Gasteiger partial charge is 0.246 e. The molecule has 0 saturated carbocycles. The number of benzene rings is 1. The summed E-state index contributed by atoms with van der Waals surface area (Å²) in [6.07, 6.45) is 5.14. The van der Waals surface area contributed by atoms with E-state index in [2.05, 4.69) is 25.4 Å². The van der Waals surface area contributed by atoms with Crippen molar-refractivity contribution in [2.24, 2.45) is 0 Å². The first-order chi connectivity index (χ1) is 16.6. The van der Waals surface area contributed by atoms with Crippen LogP contribution in [0, 0.1) is 6.92 Å². The van der Waals surface area contributed by atoms with Gasteiger partial charge in [0.25, 0.3) is 0 Å². The molecule has 34 heavy (non-hydrogen) atoms. The van der Waals surface area contributed by atoms with Gasteiger partial charge in [0.05, 0.1) is 14.2 Å². The van der Waals surface area contributed by atoms with Gasteiger partial charge in [-0.2, -0.15) is 0 Å². The molecule has 0 aliphatic carbocycles. The number of methoxy groups -OCH3 is 2. The third kappa shape index (κ3) is 5.61. The van der Waals surface area contributed by atoms with Gasteiger partial charge in [-0.1, -0.05) is 6.07 Å². The van der Waals surface area contributed by atoms with Gasteiger partial charge in [0.15, 0.2) is 23.1 Å². The zero-order valence-corrected chi connectivity index (χ0v) is 19.6. The van der Waals surface area contributed by atoms with Crippen molar-refractivity contribution in [2.75, 3.05) is 50.6 Å². The van der Waals surface area contributed by atoms with Crippen molar-refractivity contribution in [3.63, 3.8) is 0 Å². The van der Waals surface area contributed by atoms with Gasteiger partial charge in [-0.25, -0.2) is 4.98 Å². The molecule has 1 aliphatic heterocycles. The number of carbonyl (C=O) groups excluding carboxylic acids is 1. The molecule has 1 aromatic carbocycles. The summed E-state index contributed by atoms with van der Waals surface area (Å²) < 4.78 is 10.6. The molecule has 0 unspecified atom stereocenters. The molecule has 1 aliphatic rings. The molecular weight excluding hydrogens is 432 g/mol. The standard InChI is InChI=1S/C25H28N6O3/c1-18-10-11-26-23(16-18)27-22-7-8-24(29-28-22)30-12-14-31(15-13-30)25(32)9-5-19-4-6-20(33-2)21(17-19)34-3/h4-11,16-17H,12-15H2,1-3H3,(H,26,27,28)/b9-5+. The average molecular weight is 461 g/mol. The number of rotatable bonds is 7. The van der Waals surface area contributed by atoms with Crippen molar-refractivity contribution in [2.45, 2.75) is 6.92 Å². The maximum Gasteiger partial charge on any atom is 0.246 e. The molecular formula is C25H28N6O3. The van der Waals surface area contributed by atoms with Crippen LogP contribution in [-0.4, -0.2) is 66.4 Å². The second-order valence-corrected chi connectivity index (χ2v) is 7.88. The Bertz CT molecular complexity index is 1160. The van der Waals surface area contributed by atoms with Gasteiger partial charge in [0, 0.05) is 38.5 Å². The molecule has 0 spiro atoms. The number of nitrogens with one attached hydrogen (secondary N) is 1. The van der Waals surface area contributed by atoms with Crippen LogP contribution in [0.2, 0.25) is 0 Å². The minimum Gasteiger partial charge on any atom is -0.493 e. The van der Waals surface area contributed by atoms with Gasteiger partial charge in [-0.05, 0) is 60.5 Å². The maximum atomic E-state index is 12.7. The van der Waals surface area contributed by atoms with Crippen LogP contribution in [0.1, 0.15) is 11.1 Å². The molecule has 176 valence electrons. The number of piperazine rings is 1. The number of anilines is 3. The van der Waals surface area contributed by atoms with E-state index in [9.17, 15) is 4.79 Å². The second-order valence-electron chi connectivity index (χ2n) is 7.88. The average Bonchev–Trinajstić information content (AvgIpc) is 2.87. The zero-order valence-electron chi connectivity index (χ0n) is 19.6. The number of aryl methyl sites for hydroxylation is 1. The monoisotopic (exact) mass is 460 g/mol. The van der Waals surface area contributed by atoms with Crippen molar-refractivity contribution in [3.05, 3.63) is 65.9 Å². The van der Waals surface area contributed by atoms with E-state index in [1.807, 2.05) is 54.3 Å². The lowest BCUT2D eigenvalue weighted by atomic mass is 10.2. The summed E-state index contributed by atoms with van der Waals surface area (Å²) >= 11 is 0. The van der Waals surface area contributed by atoms with Crippen molar-refractivity contribution >= 4 is 29.4 Å². The Morgan fingerprint density at radius 1 is 0.941 bits per heavy atom. The summed E-state index contributed by atoms with van der Waals surface area (Å²) in [6.45, 7) is 4.62. The van der Waals surface area contributed by atoms with Crippen LogP contribution >= 0.6 is 0 Å². The van der Waals surface area contributed by atoms with Crippen molar-refractivity contribution in [3.8, 4) is 11.5 Å². The minimum atomic E-state index is -0.0225. The summed E-state index contributed by atoms with van der Waals surface area (Å²) in [7, 11) is 3.18. The number of aromatic nitrogens is 3. The van der Waals surface area contributed by atoms with E-state index in [0.717, 1.165) is 22.8 Å². The normalized spacial score (nSPS) is 13.7. The lowest BCUT2D eigenvalue weighted by molar-refractivity contribution is -0.126. The molecule has 1 amide bonds. The molecule has 1 saturated heterocycles. The lowest BCUT2D eigenvalue weighted by Gasteiger charge is -2.34. The summed E-state index contributed by atoms with van der Waals surface area (Å²) in [5, 5.41) is 11.8. The zero-order chi connectivity index (χ0) is 23.9. The van der Waals surface area contributed by atoms with E-state index in [4.69, 9.17) is 9.47 Å². The van der Waals surface area contributed by atoms with E-state index in [1.54, 1.807) is 32.6 Å². The summed E-state index contributed by atoms with van der Waals surface area (Å²) in [5.74, 6) is 3.41. The molecule has 9 nitrogen and oxygen atoms in total. The van der Waals surface area contributed by atoms with Crippen LogP contribution < -0.4 is 19.7 Å². The predicted molar refractivity (Wildman–Crippen MR) is 132 cm³/mol. The number of pyridine rings is 1. The van der Waals surface area contributed by atoms with E-state index in [-0.39, 0.29) is 5.91 Å². The van der Waals surface area contributed by atoms with Gasteiger partial charge in [0.2, 0.25) is 5.91 Å². The minimum absolute atomic E-state index is 0.0225.